The molecule has 0 saturated heterocycles. The van der Waals surface area contributed by atoms with Crippen LogP contribution in [0, 0.1) is 6.92 Å². The molecule has 0 radical (unpaired) electrons. The number of carbonyl (C=O) groups excluding carboxylic acids is 3. The number of benzene rings is 2. The van der Waals surface area contributed by atoms with Gasteiger partial charge in [-0.15, -0.1) is 0 Å². The average Bonchev–Trinajstić information content (AvgIpc) is 2.86. The van der Waals surface area contributed by atoms with Crippen molar-refractivity contribution in [3.63, 3.8) is 0 Å². The molecule has 0 saturated carbocycles. The second kappa shape index (κ2) is 5.84. The molecule has 2 aromatic rings. The maximum Gasteiger partial charge on any atom is 0.299 e. The number of hydrogen-bond acceptors (Lipinski definition) is 3. The first-order valence-electron chi connectivity index (χ1n) is 8.36. The summed E-state index contributed by atoms with van der Waals surface area (Å²) in [5, 5.41) is 0. The lowest BCUT2D eigenvalue weighted by atomic mass is 10.00. The number of rotatable bonds is 2. The number of Topliss-reactive ketones (excluding diaryl/α,β-unsaturated/α-hetero) is 1. The van der Waals surface area contributed by atoms with Crippen molar-refractivity contribution in [3.05, 3.63) is 64.7 Å². The van der Waals surface area contributed by atoms with E-state index in [0.29, 0.717) is 24.3 Å². The van der Waals surface area contributed by atoms with Gasteiger partial charge in [-0.1, -0.05) is 35.9 Å². The van der Waals surface area contributed by atoms with Crippen LogP contribution in [-0.4, -0.2) is 35.6 Å². The normalized spacial score (nSPS) is 16.0. The number of anilines is 1. The third kappa shape index (κ3) is 2.61. The Balaban J connectivity index is 1.54. The number of aryl methyl sites for hydroxylation is 1. The average molecular weight is 334 g/mol. The van der Waals surface area contributed by atoms with E-state index in [1.807, 2.05) is 31.2 Å². The fourth-order valence-corrected chi connectivity index (χ4v) is 3.52. The van der Waals surface area contributed by atoms with Crippen LogP contribution in [0.25, 0.3) is 0 Å². The highest BCUT2D eigenvalue weighted by Gasteiger charge is 2.37. The van der Waals surface area contributed by atoms with E-state index < -0.39 is 11.7 Å². The maximum absolute atomic E-state index is 12.7. The molecular formula is C20H18N2O3. The van der Waals surface area contributed by atoms with E-state index in [4.69, 9.17) is 0 Å². The van der Waals surface area contributed by atoms with Crippen LogP contribution in [0.4, 0.5) is 5.69 Å². The van der Waals surface area contributed by atoms with Gasteiger partial charge >= 0.3 is 0 Å². The van der Waals surface area contributed by atoms with Crippen molar-refractivity contribution in [2.75, 3.05) is 18.0 Å². The van der Waals surface area contributed by atoms with E-state index in [0.717, 1.165) is 17.5 Å². The van der Waals surface area contributed by atoms with Crippen molar-refractivity contribution >= 4 is 23.3 Å². The number of fused-ring (bicyclic) bond motifs is 2. The molecule has 0 fully saturated rings. The molecule has 5 nitrogen and oxygen atoms in total. The fourth-order valence-electron chi connectivity index (χ4n) is 3.52. The summed E-state index contributed by atoms with van der Waals surface area (Å²) in [5.74, 6) is -1.29. The van der Waals surface area contributed by atoms with Gasteiger partial charge < -0.3 is 4.90 Å². The SMILES string of the molecule is Cc1ccc2c(c1)C(=O)C(=O)N2CC(=O)N1CCc2ccccc2C1. The van der Waals surface area contributed by atoms with Crippen LogP contribution in [0.1, 0.15) is 27.0 Å². The number of nitrogens with zero attached hydrogens (tertiary/aromatic N) is 2. The molecule has 126 valence electrons. The Bertz CT molecular complexity index is 904. The molecular weight excluding hydrogens is 316 g/mol. The van der Waals surface area contributed by atoms with Gasteiger partial charge in [0.1, 0.15) is 6.54 Å². The number of amides is 2. The Morgan fingerprint density at radius 3 is 2.64 bits per heavy atom. The van der Waals surface area contributed by atoms with E-state index >= 15 is 0 Å². The van der Waals surface area contributed by atoms with Crippen molar-refractivity contribution in [1.82, 2.24) is 4.90 Å². The summed E-state index contributed by atoms with van der Waals surface area (Å²) in [4.78, 5) is 40.2. The lowest BCUT2D eigenvalue weighted by Gasteiger charge is -2.30. The Hall–Kier alpha value is -2.95. The lowest BCUT2D eigenvalue weighted by Crippen LogP contribution is -2.44. The number of hydrogen-bond donors (Lipinski definition) is 0. The van der Waals surface area contributed by atoms with Gasteiger partial charge in [0.15, 0.2) is 0 Å². The molecule has 2 aliphatic rings. The molecule has 5 heteroatoms. The Kier molecular flexibility index (Phi) is 3.64. The van der Waals surface area contributed by atoms with Gasteiger partial charge in [-0.25, -0.2) is 0 Å². The smallest absolute Gasteiger partial charge is 0.299 e. The van der Waals surface area contributed by atoms with Gasteiger partial charge in [-0.3, -0.25) is 19.3 Å². The maximum atomic E-state index is 12.7. The van der Waals surface area contributed by atoms with Crippen LogP contribution < -0.4 is 4.90 Å². The first kappa shape index (κ1) is 15.6. The Morgan fingerprint density at radius 2 is 1.84 bits per heavy atom. The van der Waals surface area contributed by atoms with Gasteiger partial charge in [0.2, 0.25) is 5.91 Å². The summed E-state index contributed by atoms with van der Waals surface area (Å²) in [6.07, 6.45) is 0.810. The molecule has 2 aromatic carbocycles. The highest BCUT2D eigenvalue weighted by Crippen LogP contribution is 2.30. The molecule has 0 N–H and O–H groups in total. The zero-order valence-corrected chi connectivity index (χ0v) is 14.0. The highest BCUT2D eigenvalue weighted by atomic mass is 16.2. The minimum atomic E-state index is -0.619. The van der Waals surface area contributed by atoms with Crippen LogP contribution in [0.5, 0.6) is 0 Å². The van der Waals surface area contributed by atoms with Crippen molar-refractivity contribution in [3.8, 4) is 0 Å². The Morgan fingerprint density at radius 1 is 1.08 bits per heavy atom. The highest BCUT2D eigenvalue weighted by molar-refractivity contribution is 6.52. The number of carbonyl (C=O) groups is 3. The standard InChI is InChI=1S/C20H18N2O3/c1-13-6-7-17-16(10-13)19(24)20(25)22(17)12-18(23)21-9-8-14-4-2-3-5-15(14)11-21/h2-7,10H,8-9,11-12H2,1H3. The molecule has 0 aliphatic carbocycles. The summed E-state index contributed by atoms with van der Waals surface area (Å²) >= 11 is 0. The largest absolute Gasteiger partial charge is 0.336 e. The second-order valence-corrected chi connectivity index (χ2v) is 6.58. The van der Waals surface area contributed by atoms with Crippen molar-refractivity contribution in [1.29, 1.82) is 0 Å². The molecule has 0 spiro atoms. The van der Waals surface area contributed by atoms with Crippen LogP contribution in [-0.2, 0) is 22.6 Å². The third-order valence-electron chi connectivity index (χ3n) is 4.90. The second-order valence-electron chi connectivity index (χ2n) is 6.58. The van der Waals surface area contributed by atoms with Crippen LogP contribution in [0.15, 0.2) is 42.5 Å². The first-order valence-corrected chi connectivity index (χ1v) is 8.36. The summed E-state index contributed by atoms with van der Waals surface area (Å²) in [6.45, 7) is 2.96. The lowest BCUT2D eigenvalue weighted by molar-refractivity contribution is -0.131. The Labute approximate surface area is 145 Å². The van der Waals surface area contributed by atoms with E-state index in [9.17, 15) is 14.4 Å². The molecule has 2 amide bonds. The van der Waals surface area contributed by atoms with Crippen LogP contribution in [0.3, 0.4) is 0 Å². The van der Waals surface area contributed by atoms with Crippen LogP contribution >= 0.6 is 0 Å². The van der Waals surface area contributed by atoms with Gasteiger partial charge in [0, 0.05) is 13.1 Å². The molecule has 0 atom stereocenters. The zero-order chi connectivity index (χ0) is 17.6. The van der Waals surface area contributed by atoms with Gasteiger partial charge in [-0.2, -0.15) is 0 Å². The van der Waals surface area contributed by atoms with Crippen LogP contribution in [0.2, 0.25) is 0 Å². The van der Waals surface area contributed by atoms with Crippen molar-refractivity contribution in [2.45, 2.75) is 19.9 Å². The summed E-state index contributed by atoms with van der Waals surface area (Å²) < 4.78 is 0. The monoisotopic (exact) mass is 334 g/mol. The molecule has 25 heavy (non-hydrogen) atoms. The van der Waals surface area contributed by atoms with E-state index in [1.165, 1.54) is 10.5 Å². The summed E-state index contributed by atoms with van der Waals surface area (Å²) in [7, 11) is 0. The first-order chi connectivity index (χ1) is 12.0. The summed E-state index contributed by atoms with van der Waals surface area (Å²) in [5.41, 5.74) is 4.25. The predicted molar refractivity (Wildman–Crippen MR) is 93.4 cm³/mol. The minimum Gasteiger partial charge on any atom is -0.336 e. The molecule has 4 rings (SSSR count). The number of ketones is 1. The van der Waals surface area contributed by atoms with E-state index in [2.05, 4.69) is 6.07 Å². The molecule has 0 bridgehead atoms. The summed E-state index contributed by atoms with van der Waals surface area (Å²) in [6, 6.07) is 13.4. The topological polar surface area (TPSA) is 57.7 Å². The minimum absolute atomic E-state index is 0.0944. The quantitative estimate of drug-likeness (QED) is 0.791. The van der Waals surface area contributed by atoms with Crippen molar-refractivity contribution in [2.24, 2.45) is 0 Å². The predicted octanol–water partition coefficient (Wildman–Crippen LogP) is 2.11. The molecule has 0 aromatic heterocycles. The fraction of sp³-hybridized carbons (Fsp3) is 0.250. The van der Waals surface area contributed by atoms with Crippen molar-refractivity contribution < 1.29 is 14.4 Å². The molecule has 2 aliphatic heterocycles. The zero-order valence-electron chi connectivity index (χ0n) is 14.0. The van der Waals surface area contributed by atoms with Gasteiger partial charge in [-0.05, 0) is 36.6 Å². The third-order valence-corrected chi connectivity index (χ3v) is 4.90. The van der Waals surface area contributed by atoms with Gasteiger partial charge in [0.25, 0.3) is 11.7 Å². The molecule has 0 unspecified atom stereocenters. The van der Waals surface area contributed by atoms with E-state index in [1.54, 1.807) is 17.0 Å². The van der Waals surface area contributed by atoms with E-state index in [-0.39, 0.29) is 12.5 Å². The molecule has 2 heterocycles. The van der Waals surface area contributed by atoms with Gasteiger partial charge in [0.05, 0.1) is 11.3 Å².